The van der Waals surface area contributed by atoms with Crippen LogP contribution in [-0.2, 0) is 0 Å². The van der Waals surface area contributed by atoms with Gasteiger partial charge in [-0.25, -0.2) is 0 Å². The second kappa shape index (κ2) is 7.76. The Kier molecular flexibility index (Phi) is 7.54. The zero-order valence-electron chi connectivity index (χ0n) is 9.77. The number of methoxy groups -OCH3 is 2. The maximum atomic E-state index is 8.88. The molecule has 0 fully saturated rings. The molecule has 6 heteroatoms. The maximum absolute atomic E-state index is 8.88. The van der Waals surface area contributed by atoms with Crippen molar-refractivity contribution in [2.45, 2.75) is 12.5 Å². The predicted molar refractivity (Wildman–Crippen MR) is 73.1 cm³/mol. The average Bonchev–Trinajstić information content (AvgIpc) is 2.28. The molecule has 0 aliphatic rings. The van der Waals surface area contributed by atoms with E-state index in [1.165, 1.54) is 0 Å². The minimum atomic E-state index is -0.262. The summed E-state index contributed by atoms with van der Waals surface area (Å²) >= 11 is 3.38. The third-order valence-corrected chi connectivity index (χ3v) is 2.96. The highest BCUT2D eigenvalue weighted by atomic mass is 79.9. The van der Waals surface area contributed by atoms with Gasteiger partial charge < -0.3 is 20.3 Å². The van der Waals surface area contributed by atoms with E-state index in [9.17, 15) is 0 Å². The standard InChI is InChI=1S/C11H16BrNO3.ClH/c1-15-10-6-8(12)11(16-2)5-7(10)9(13)3-4-14;/h5-6,9,14H,3-4,13H2,1-2H3;1H/t9-;/m0./s1. The molecular formula is C11H17BrClNO3. The van der Waals surface area contributed by atoms with E-state index in [4.69, 9.17) is 20.3 Å². The van der Waals surface area contributed by atoms with E-state index < -0.39 is 0 Å². The molecule has 0 bridgehead atoms. The topological polar surface area (TPSA) is 64.7 Å². The van der Waals surface area contributed by atoms with Gasteiger partial charge in [0.25, 0.3) is 0 Å². The molecule has 1 aromatic carbocycles. The molecule has 1 atom stereocenters. The SMILES string of the molecule is COc1cc([C@@H](N)CCO)c(OC)cc1Br.Cl. The number of aliphatic hydroxyl groups is 1. The van der Waals surface area contributed by atoms with Gasteiger partial charge in [-0.2, -0.15) is 0 Å². The smallest absolute Gasteiger partial charge is 0.133 e. The lowest BCUT2D eigenvalue weighted by Crippen LogP contribution is -2.13. The van der Waals surface area contributed by atoms with Crippen molar-refractivity contribution in [3.05, 3.63) is 22.2 Å². The minimum Gasteiger partial charge on any atom is -0.496 e. The van der Waals surface area contributed by atoms with Gasteiger partial charge in [-0.1, -0.05) is 0 Å². The van der Waals surface area contributed by atoms with Crippen LogP contribution in [0.5, 0.6) is 11.5 Å². The van der Waals surface area contributed by atoms with Crippen molar-refractivity contribution in [2.24, 2.45) is 5.73 Å². The van der Waals surface area contributed by atoms with E-state index >= 15 is 0 Å². The average molecular weight is 327 g/mol. The Bertz CT molecular complexity index is 363. The van der Waals surface area contributed by atoms with Crippen molar-refractivity contribution >= 4 is 28.3 Å². The van der Waals surface area contributed by atoms with E-state index in [1.54, 1.807) is 14.2 Å². The van der Waals surface area contributed by atoms with E-state index in [2.05, 4.69) is 15.9 Å². The largest absolute Gasteiger partial charge is 0.496 e. The van der Waals surface area contributed by atoms with Crippen LogP contribution in [0.15, 0.2) is 16.6 Å². The zero-order chi connectivity index (χ0) is 12.1. The van der Waals surface area contributed by atoms with Gasteiger partial charge in [0, 0.05) is 18.2 Å². The van der Waals surface area contributed by atoms with Crippen LogP contribution in [0, 0.1) is 0 Å². The molecule has 0 radical (unpaired) electrons. The number of nitrogens with two attached hydrogens (primary N) is 1. The minimum absolute atomic E-state index is 0. The van der Waals surface area contributed by atoms with Gasteiger partial charge in [0.1, 0.15) is 11.5 Å². The summed E-state index contributed by atoms with van der Waals surface area (Å²) in [7, 11) is 3.18. The monoisotopic (exact) mass is 325 g/mol. The highest BCUT2D eigenvalue weighted by molar-refractivity contribution is 9.10. The van der Waals surface area contributed by atoms with Crippen molar-refractivity contribution in [2.75, 3.05) is 20.8 Å². The summed E-state index contributed by atoms with van der Waals surface area (Å²) < 4.78 is 11.3. The Morgan fingerprint density at radius 2 is 1.88 bits per heavy atom. The number of halogens is 2. The summed E-state index contributed by atoms with van der Waals surface area (Å²) in [6, 6.07) is 3.37. The first-order valence-electron chi connectivity index (χ1n) is 4.91. The van der Waals surface area contributed by atoms with Gasteiger partial charge in [0.05, 0.1) is 18.7 Å². The number of rotatable bonds is 5. The molecular weight excluding hydrogens is 309 g/mol. The quantitative estimate of drug-likeness (QED) is 0.871. The van der Waals surface area contributed by atoms with Crippen LogP contribution in [0.2, 0.25) is 0 Å². The second-order valence-corrected chi connectivity index (χ2v) is 4.20. The fourth-order valence-electron chi connectivity index (χ4n) is 1.47. The Morgan fingerprint density at radius 3 is 2.35 bits per heavy atom. The third kappa shape index (κ3) is 4.03. The van der Waals surface area contributed by atoms with Crippen LogP contribution in [0.1, 0.15) is 18.0 Å². The molecule has 1 aromatic rings. The highest BCUT2D eigenvalue weighted by Crippen LogP contribution is 2.35. The van der Waals surface area contributed by atoms with Crippen LogP contribution < -0.4 is 15.2 Å². The van der Waals surface area contributed by atoms with Crippen LogP contribution in [0.4, 0.5) is 0 Å². The fourth-order valence-corrected chi connectivity index (χ4v) is 1.95. The summed E-state index contributed by atoms with van der Waals surface area (Å²) in [4.78, 5) is 0. The van der Waals surface area contributed by atoms with Gasteiger partial charge in [0.2, 0.25) is 0 Å². The number of ether oxygens (including phenoxy) is 2. The molecule has 0 aromatic heterocycles. The fraction of sp³-hybridized carbons (Fsp3) is 0.455. The second-order valence-electron chi connectivity index (χ2n) is 3.35. The highest BCUT2D eigenvalue weighted by Gasteiger charge is 2.15. The van der Waals surface area contributed by atoms with Crippen LogP contribution in [-0.4, -0.2) is 25.9 Å². The molecule has 98 valence electrons. The van der Waals surface area contributed by atoms with Gasteiger partial charge in [-0.3, -0.25) is 0 Å². The maximum Gasteiger partial charge on any atom is 0.133 e. The first-order chi connectivity index (χ1) is 7.63. The zero-order valence-corrected chi connectivity index (χ0v) is 12.2. The predicted octanol–water partition coefficient (Wildman–Crippen LogP) is 2.27. The molecule has 0 amide bonds. The van der Waals surface area contributed by atoms with Crippen molar-refractivity contribution in [3.63, 3.8) is 0 Å². The molecule has 0 aliphatic heterocycles. The van der Waals surface area contributed by atoms with Gasteiger partial charge in [-0.15, -0.1) is 12.4 Å². The molecule has 0 heterocycles. The first kappa shape index (κ1) is 16.5. The Hall–Kier alpha value is -0.490. The number of benzene rings is 1. The molecule has 0 saturated heterocycles. The normalized spacial score (nSPS) is 11.6. The Balaban J connectivity index is 0.00000256. The lowest BCUT2D eigenvalue weighted by Gasteiger charge is -2.16. The molecule has 17 heavy (non-hydrogen) atoms. The van der Waals surface area contributed by atoms with Crippen LogP contribution in [0.25, 0.3) is 0 Å². The molecule has 0 spiro atoms. The third-order valence-electron chi connectivity index (χ3n) is 2.34. The molecule has 0 aliphatic carbocycles. The molecule has 0 saturated carbocycles. The number of hydrogen-bond donors (Lipinski definition) is 2. The van der Waals surface area contributed by atoms with Crippen molar-refractivity contribution in [1.29, 1.82) is 0 Å². The molecule has 0 unspecified atom stereocenters. The molecule has 3 N–H and O–H groups in total. The summed E-state index contributed by atoms with van der Waals surface area (Å²) in [6.07, 6.45) is 0.487. The van der Waals surface area contributed by atoms with Gasteiger partial charge >= 0.3 is 0 Å². The summed E-state index contributed by atoms with van der Waals surface area (Å²) in [5.74, 6) is 1.39. The lowest BCUT2D eigenvalue weighted by atomic mass is 10.0. The summed E-state index contributed by atoms with van der Waals surface area (Å²) in [5.41, 5.74) is 6.77. The number of aliphatic hydroxyl groups excluding tert-OH is 1. The Labute approximate surface area is 116 Å². The van der Waals surface area contributed by atoms with E-state index in [1.807, 2.05) is 12.1 Å². The van der Waals surface area contributed by atoms with E-state index in [-0.39, 0.29) is 25.1 Å². The molecule has 4 nitrogen and oxygen atoms in total. The van der Waals surface area contributed by atoms with E-state index in [0.717, 1.165) is 10.0 Å². The summed E-state index contributed by atoms with van der Waals surface area (Å²) in [5, 5.41) is 8.88. The van der Waals surface area contributed by atoms with E-state index in [0.29, 0.717) is 17.9 Å². The Morgan fingerprint density at radius 1 is 1.29 bits per heavy atom. The number of hydrogen-bond acceptors (Lipinski definition) is 4. The van der Waals surface area contributed by atoms with Gasteiger partial charge in [-0.05, 0) is 34.5 Å². The van der Waals surface area contributed by atoms with Crippen molar-refractivity contribution < 1.29 is 14.6 Å². The van der Waals surface area contributed by atoms with Crippen molar-refractivity contribution in [3.8, 4) is 11.5 Å². The molecule has 1 rings (SSSR count). The lowest BCUT2D eigenvalue weighted by molar-refractivity contribution is 0.275. The van der Waals surface area contributed by atoms with Gasteiger partial charge in [0.15, 0.2) is 0 Å². The van der Waals surface area contributed by atoms with Crippen LogP contribution in [0.3, 0.4) is 0 Å². The first-order valence-corrected chi connectivity index (χ1v) is 5.71. The van der Waals surface area contributed by atoms with Crippen LogP contribution >= 0.6 is 28.3 Å². The summed E-state index contributed by atoms with van der Waals surface area (Å²) in [6.45, 7) is 0.0443. The van der Waals surface area contributed by atoms with Crippen molar-refractivity contribution in [1.82, 2.24) is 0 Å².